The smallest absolute Gasteiger partial charge is 0.257 e. The SMILES string of the molecule is O=C(Nc1ccon1)c1ccsc1. The molecular formula is C8H6N2O2S. The number of hydrogen-bond donors (Lipinski definition) is 1. The van der Waals surface area contributed by atoms with Crippen LogP contribution in [0.5, 0.6) is 0 Å². The van der Waals surface area contributed by atoms with Gasteiger partial charge >= 0.3 is 0 Å². The quantitative estimate of drug-likeness (QED) is 0.795. The van der Waals surface area contributed by atoms with Crippen LogP contribution in [0.3, 0.4) is 0 Å². The zero-order valence-corrected chi connectivity index (χ0v) is 7.38. The Hall–Kier alpha value is -1.62. The maximum Gasteiger partial charge on any atom is 0.257 e. The van der Waals surface area contributed by atoms with Gasteiger partial charge < -0.3 is 9.84 Å². The zero-order valence-electron chi connectivity index (χ0n) is 6.56. The molecule has 0 bridgehead atoms. The summed E-state index contributed by atoms with van der Waals surface area (Å²) in [6, 6.07) is 3.34. The number of carbonyl (C=O) groups excluding carboxylic acids is 1. The molecule has 0 saturated heterocycles. The molecular weight excluding hydrogens is 188 g/mol. The lowest BCUT2D eigenvalue weighted by molar-refractivity contribution is 0.102. The molecule has 0 radical (unpaired) electrons. The lowest BCUT2D eigenvalue weighted by atomic mass is 10.3. The first-order chi connectivity index (χ1) is 6.36. The van der Waals surface area contributed by atoms with Crippen molar-refractivity contribution in [3.8, 4) is 0 Å². The maximum atomic E-state index is 11.4. The molecule has 2 aromatic heterocycles. The van der Waals surface area contributed by atoms with E-state index in [0.29, 0.717) is 11.4 Å². The standard InChI is InChI=1S/C8H6N2O2S/c11-8(6-2-4-13-5-6)9-7-1-3-12-10-7/h1-5H,(H,9,10,11). The summed E-state index contributed by atoms with van der Waals surface area (Å²) in [5, 5.41) is 9.77. The summed E-state index contributed by atoms with van der Waals surface area (Å²) in [7, 11) is 0. The molecule has 2 aromatic rings. The molecule has 5 heteroatoms. The number of thiophene rings is 1. The van der Waals surface area contributed by atoms with Crippen LogP contribution in [0.4, 0.5) is 5.82 Å². The molecule has 1 N–H and O–H groups in total. The van der Waals surface area contributed by atoms with Gasteiger partial charge in [0.05, 0.1) is 5.56 Å². The molecule has 0 aliphatic heterocycles. The van der Waals surface area contributed by atoms with Gasteiger partial charge in [0.15, 0.2) is 5.82 Å². The van der Waals surface area contributed by atoms with E-state index in [4.69, 9.17) is 0 Å². The lowest BCUT2D eigenvalue weighted by Crippen LogP contribution is -2.10. The van der Waals surface area contributed by atoms with Gasteiger partial charge in [-0.2, -0.15) is 11.3 Å². The number of hydrogen-bond acceptors (Lipinski definition) is 4. The molecule has 1 amide bonds. The predicted molar refractivity (Wildman–Crippen MR) is 48.8 cm³/mol. The summed E-state index contributed by atoms with van der Waals surface area (Å²) in [6.07, 6.45) is 1.41. The average molecular weight is 194 g/mol. The minimum absolute atomic E-state index is 0.171. The Kier molecular flexibility index (Phi) is 2.09. The first-order valence-corrected chi connectivity index (χ1v) is 4.54. The molecule has 66 valence electrons. The highest BCUT2D eigenvalue weighted by molar-refractivity contribution is 7.08. The second-order valence-corrected chi connectivity index (χ2v) is 3.13. The Labute approximate surface area is 78.2 Å². The minimum Gasteiger partial charge on any atom is -0.363 e. The molecule has 0 fully saturated rings. The highest BCUT2D eigenvalue weighted by Crippen LogP contribution is 2.09. The summed E-state index contributed by atoms with van der Waals surface area (Å²) in [4.78, 5) is 11.4. The molecule has 0 aliphatic carbocycles. The van der Waals surface area contributed by atoms with E-state index < -0.39 is 0 Å². The fourth-order valence-corrected chi connectivity index (χ4v) is 1.50. The Morgan fingerprint density at radius 3 is 3.08 bits per heavy atom. The van der Waals surface area contributed by atoms with Crippen LogP contribution in [0.1, 0.15) is 10.4 Å². The molecule has 2 rings (SSSR count). The van der Waals surface area contributed by atoms with Gasteiger partial charge in [0.1, 0.15) is 6.26 Å². The van der Waals surface area contributed by atoms with Crippen molar-refractivity contribution in [1.29, 1.82) is 0 Å². The average Bonchev–Trinajstić information content (AvgIpc) is 2.74. The van der Waals surface area contributed by atoms with Crippen molar-refractivity contribution < 1.29 is 9.32 Å². The minimum atomic E-state index is -0.171. The van der Waals surface area contributed by atoms with E-state index in [1.54, 1.807) is 17.5 Å². The van der Waals surface area contributed by atoms with Gasteiger partial charge in [-0.1, -0.05) is 5.16 Å². The van der Waals surface area contributed by atoms with Crippen molar-refractivity contribution in [1.82, 2.24) is 5.16 Å². The normalized spacial score (nSPS) is 9.85. The van der Waals surface area contributed by atoms with E-state index in [1.165, 1.54) is 17.6 Å². The third-order valence-corrected chi connectivity index (χ3v) is 2.15. The fourth-order valence-electron chi connectivity index (χ4n) is 0.859. The molecule has 0 saturated carbocycles. The van der Waals surface area contributed by atoms with Crippen LogP contribution in [0, 0.1) is 0 Å². The number of aromatic nitrogens is 1. The van der Waals surface area contributed by atoms with E-state index >= 15 is 0 Å². The third kappa shape index (κ3) is 1.75. The first-order valence-electron chi connectivity index (χ1n) is 3.60. The molecule has 4 nitrogen and oxygen atoms in total. The van der Waals surface area contributed by atoms with Crippen LogP contribution in [0.25, 0.3) is 0 Å². The van der Waals surface area contributed by atoms with E-state index in [0.717, 1.165) is 0 Å². The van der Waals surface area contributed by atoms with Gasteiger partial charge in [-0.05, 0) is 11.4 Å². The molecule has 0 aliphatic rings. The second kappa shape index (κ2) is 3.40. The highest BCUT2D eigenvalue weighted by Gasteiger charge is 2.06. The van der Waals surface area contributed by atoms with Crippen molar-refractivity contribution in [3.05, 3.63) is 34.7 Å². The number of nitrogens with one attached hydrogen (secondary N) is 1. The molecule has 0 unspecified atom stereocenters. The van der Waals surface area contributed by atoms with Crippen molar-refractivity contribution in [2.45, 2.75) is 0 Å². The molecule has 0 aromatic carbocycles. The van der Waals surface area contributed by atoms with Gasteiger partial charge in [0, 0.05) is 11.4 Å². The number of carbonyl (C=O) groups is 1. The number of nitrogens with zero attached hydrogens (tertiary/aromatic N) is 1. The second-order valence-electron chi connectivity index (χ2n) is 2.35. The van der Waals surface area contributed by atoms with Crippen LogP contribution >= 0.6 is 11.3 Å². The Morgan fingerprint density at radius 2 is 2.46 bits per heavy atom. The van der Waals surface area contributed by atoms with Gasteiger partial charge in [-0.15, -0.1) is 0 Å². The highest BCUT2D eigenvalue weighted by atomic mass is 32.1. The number of rotatable bonds is 2. The molecule has 0 atom stereocenters. The summed E-state index contributed by atoms with van der Waals surface area (Å²) in [5.74, 6) is 0.256. The summed E-state index contributed by atoms with van der Waals surface area (Å²) < 4.78 is 4.57. The van der Waals surface area contributed by atoms with Gasteiger partial charge in [-0.3, -0.25) is 4.79 Å². The largest absolute Gasteiger partial charge is 0.363 e. The van der Waals surface area contributed by atoms with Gasteiger partial charge in [0.25, 0.3) is 5.91 Å². The van der Waals surface area contributed by atoms with Crippen LogP contribution in [-0.4, -0.2) is 11.1 Å². The van der Waals surface area contributed by atoms with E-state index in [1.807, 2.05) is 5.38 Å². The predicted octanol–water partition coefficient (Wildman–Crippen LogP) is 1.99. The summed E-state index contributed by atoms with van der Waals surface area (Å²) in [6.45, 7) is 0. The zero-order chi connectivity index (χ0) is 9.10. The molecule has 0 spiro atoms. The Bertz CT molecular complexity index is 380. The lowest BCUT2D eigenvalue weighted by Gasteiger charge is -1.96. The molecule has 2 heterocycles. The van der Waals surface area contributed by atoms with E-state index in [-0.39, 0.29) is 5.91 Å². The summed E-state index contributed by atoms with van der Waals surface area (Å²) >= 11 is 1.48. The van der Waals surface area contributed by atoms with Crippen molar-refractivity contribution in [3.63, 3.8) is 0 Å². The summed E-state index contributed by atoms with van der Waals surface area (Å²) in [5.41, 5.74) is 0.632. The first kappa shape index (κ1) is 8.00. The number of amides is 1. The van der Waals surface area contributed by atoms with Crippen LogP contribution < -0.4 is 5.32 Å². The van der Waals surface area contributed by atoms with Crippen molar-refractivity contribution >= 4 is 23.1 Å². The monoisotopic (exact) mass is 194 g/mol. The van der Waals surface area contributed by atoms with Crippen molar-refractivity contribution in [2.75, 3.05) is 5.32 Å². The van der Waals surface area contributed by atoms with Gasteiger partial charge in [-0.25, -0.2) is 0 Å². The Morgan fingerprint density at radius 1 is 1.54 bits per heavy atom. The topological polar surface area (TPSA) is 55.1 Å². The molecule has 13 heavy (non-hydrogen) atoms. The fraction of sp³-hybridized carbons (Fsp3) is 0. The van der Waals surface area contributed by atoms with E-state index in [2.05, 4.69) is 15.0 Å². The Balaban J connectivity index is 2.08. The van der Waals surface area contributed by atoms with E-state index in [9.17, 15) is 4.79 Å². The van der Waals surface area contributed by atoms with Crippen LogP contribution in [0.15, 0.2) is 33.7 Å². The van der Waals surface area contributed by atoms with Crippen LogP contribution in [0.2, 0.25) is 0 Å². The maximum absolute atomic E-state index is 11.4. The third-order valence-electron chi connectivity index (χ3n) is 1.46. The van der Waals surface area contributed by atoms with Crippen molar-refractivity contribution in [2.24, 2.45) is 0 Å². The van der Waals surface area contributed by atoms with Crippen LogP contribution in [-0.2, 0) is 0 Å². The number of anilines is 1. The van der Waals surface area contributed by atoms with Gasteiger partial charge in [0.2, 0.25) is 0 Å².